The molecule has 0 bridgehead atoms. The van der Waals surface area contributed by atoms with Crippen molar-refractivity contribution >= 4 is 23.6 Å². The number of nitrogens with zero attached hydrogens (tertiary/aromatic N) is 1. The van der Waals surface area contributed by atoms with E-state index in [4.69, 9.17) is 6.42 Å². The predicted octanol–water partition coefficient (Wildman–Crippen LogP) is 2.27. The molecule has 2 saturated heterocycles. The van der Waals surface area contributed by atoms with Crippen molar-refractivity contribution in [3.05, 3.63) is 0 Å². The first kappa shape index (κ1) is 29.1. The van der Waals surface area contributed by atoms with Crippen LogP contribution in [0.2, 0.25) is 0 Å². The van der Waals surface area contributed by atoms with Crippen molar-refractivity contribution in [1.82, 2.24) is 20.9 Å². The van der Waals surface area contributed by atoms with E-state index in [1.807, 2.05) is 0 Å². The minimum atomic E-state index is -5.26. The molecule has 4 rings (SSSR count). The first-order valence-electron chi connectivity index (χ1n) is 12.9. The lowest BCUT2D eigenvalue weighted by Gasteiger charge is -2.44. The van der Waals surface area contributed by atoms with Gasteiger partial charge in [0, 0.05) is 36.3 Å². The third kappa shape index (κ3) is 5.99. The van der Waals surface area contributed by atoms with Gasteiger partial charge in [-0.15, -0.1) is 6.42 Å². The first-order valence-corrected chi connectivity index (χ1v) is 12.9. The fourth-order valence-corrected chi connectivity index (χ4v) is 6.22. The number of likely N-dealkylation sites (tertiary alicyclic amines) is 1. The maximum absolute atomic E-state index is 13.9. The van der Waals surface area contributed by atoms with Gasteiger partial charge in [0.1, 0.15) is 12.1 Å². The van der Waals surface area contributed by atoms with Crippen molar-refractivity contribution in [2.75, 3.05) is 6.54 Å². The molecular formula is C26H33F5N4O4. The summed E-state index contributed by atoms with van der Waals surface area (Å²) in [7, 11) is 0. The van der Waals surface area contributed by atoms with E-state index in [0.29, 0.717) is 6.42 Å². The molecule has 13 heteroatoms. The van der Waals surface area contributed by atoms with E-state index >= 15 is 0 Å². The lowest BCUT2D eigenvalue weighted by atomic mass is 9.65. The predicted molar refractivity (Wildman–Crippen MR) is 128 cm³/mol. The summed E-state index contributed by atoms with van der Waals surface area (Å²) in [6.45, 7) is 4.05. The number of nitrogens with one attached hydrogen (secondary N) is 3. The Hall–Kier alpha value is -2.91. The van der Waals surface area contributed by atoms with Crippen LogP contribution >= 0.6 is 0 Å². The number of carbonyl (C=O) groups is 4. The molecule has 4 aliphatic rings. The number of amides is 4. The number of carbonyl (C=O) groups excluding carboxylic acids is 4. The summed E-state index contributed by atoms with van der Waals surface area (Å²) >= 11 is 0. The van der Waals surface area contributed by atoms with Crippen LogP contribution in [-0.2, 0) is 19.2 Å². The van der Waals surface area contributed by atoms with Gasteiger partial charge in [0.15, 0.2) is 0 Å². The highest BCUT2D eigenvalue weighted by atomic mass is 19.4. The largest absolute Gasteiger partial charge is 0.471 e. The van der Waals surface area contributed by atoms with E-state index in [-0.39, 0.29) is 30.8 Å². The molecule has 2 heterocycles. The Morgan fingerprint density at radius 2 is 1.74 bits per heavy atom. The summed E-state index contributed by atoms with van der Waals surface area (Å²) in [5.74, 6) is -5.18. The monoisotopic (exact) mass is 560 g/mol. The summed E-state index contributed by atoms with van der Waals surface area (Å²) in [5.41, 5.74) is -2.49. The maximum atomic E-state index is 13.9. The second-order valence-electron chi connectivity index (χ2n) is 12.8. The molecule has 2 aliphatic heterocycles. The third-order valence-electron chi connectivity index (χ3n) is 8.29. The maximum Gasteiger partial charge on any atom is 0.471 e. The van der Waals surface area contributed by atoms with Gasteiger partial charge in [-0.25, -0.2) is 8.78 Å². The van der Waals surface area contributed by atoms with Crippen LogP contribution in [0, 0.1) is 29.1 Å². The zero-order valence-electron chi connectivity index (χ0n) is 22.0. The Balaban J connectivity index is 1.53. The molecule has 2 saturated carbocycles. The summed E-state index contributed by atoms with van der Waals surface area (Å²) in [6, 6.07) is -3.86. The second kappa shape index (κ2) is 9.34. The quantitative estimate of drug-likeness (QED) is 0.342. The average Bonchev–Trinajstić information content (AvgIpc) is 3.30. The Morgan fingerprint density at radius 3 is 2.21 bits per heavy atom. The molecule has 0 radical (unpaired) electrons. The minimum Gasteiger partial charge on any atom is -0.350 e. The highest BCUT2D eigenvalue weighted by molar-refractivity contribution is 5.94. The Bertz CT molecular complexity index is 1100. The summed E-state index contributed by atoms with van der Waals surface area (Å²) in [4.78, 5) is 52.1. The van der Waals surface area contributed by atoms with E-state index in [1.54, 1.807) is 5.32 Å². The van der Waals surface area contributed by atoms with Crippen molar-refractivity contribution in [3.8, 4) is 12.3 Å². The molecule has 0 aromatic carbocycles. The smallest absolute Gasteiger partial charge is 0.350 e. The van der Waals surface area contributed by atoms with Gasteiger partial charge in [0.2, 0.25) is 23.6 Å². The van der Waals surface area contributed by atoms with Crippen molar-refractivity contribution in [2.45, 2.75) is 101 Å². The minimum absolute atomic E-state index is 0.130. The SMILES string of the molecule is C#C[C@H](C[C@@H]1CC2(CC2)NC1=O)NC(=O)C1CC2(CN1C(=O)[C@@H](NC(=O)C(F)(F)F)C(C)(C)C)CC(F)(F)C2. The molecule has 4 atom stereocenters. The van der Waals surface area contributed by atoms with Crippen LogP contribution in [0.15, 0.2) is 0 Å². The fraction of sp³-hybridized carbons (Fsp3) is 0.769. The fourth-order valence-electron chi connectivity index (χ4n) is 6.22. The third-order valence-corrected chi connectivity index (χ3v) is 8.29. The van der Waals surface area contributed by atoms with Crippen LogP contribution in [0.4, 0.5) is 22.0 Å². The van der Waals surface area contributed by atoms with Crippen LogP contribution in [0.25, 0.3) is 0 Å². The molecular weight excluding hydrogens is 527 g/mol. The van der Waals surface area contributed by atoms with Gasteiger partial charge in [-0.3, -0.25) is 19.2 Å². The number of hydrogen-bond donors (Lipinski definition) is 3. The van der Waals surface area contributed by atoms with Crippen molar-refractivity contribution < 1.29 is 41.1 Å². The molecule has 0 aromatic rings. The topological polar surface area (TPSA) is 108 Å². The van der Waals surface area contributed by atoms with Gasteiger partial charge in [-0.05, 0) is 37.5 Å². The van der Waals surface area contributed by atoms with Gasteiger partial charge < -0.3 is 20.9 Å². The standard InChI is InChI=1S/C26H33F5N4O4/c1-5-15(8-14-9-24(6-7-24)34-18(14)36)32-19(37)16-10-23(11-25(27,28)12-23)13-35(16)20(38)17(22(2,3)4)33-21(39)26(29,30)31/h1,14-17H,6-13H2,2-4H3,(H,32,37)(H,33,39)(H,34,36)/t14-,15-,16?,17-/m1/s1. The van der Waals surface area contributed by atoms with Crippen LogP contribution in [-0.4, -0.2) is 70.8 Å². The highest BCUT2D eigenvalue weighted by Gasteiger charge is 2.63. The van der Waals surface area contributed by atoms with Gasteiger partial charge in [0.25, 0.3) is 0 Å². The van der Waals surface area contributed by atoms with Gasteiger partial charge in [-0.1, -0.05) is 26.7 Å². The van der Waals surface area contributed by atoms with E-state index in [0.717, 1.165) is 17.7 Å². The Morgan fingerprint density at radius 1 is 1.13 bits per heavy atom. The van der Waals surface area contributed by atoms with Crippen molar-refractivity contribution in [1.29, 1.82) is 0 Å². The van der Waals surface area contributed by atoms with Crippen molar-refractivity contribution in [3.63, 3.8) is 0 Å². The second-order valence-corrected chi connectivity index (χ2v) is 12.8. The molecule has 8 nitrogen and oxygen atoms in total. The van der Waals surface area contributed by atoms with Crippen LogP contribution in [0.1, 0.15) is 65.7 Å². The number of alkyl halides is 5. The van der Waals surface area contributed by atoms with E-state index in [1.165, 1.54) is 20.8 Å². The van der Waals surface area contributed by atoms with Crippen molar-refractivity contribution in [2.24, 2.45) is 16.7 Å². The molecule has 4 fully saturated rings. The Kier molecular flexibility index (Phi) is 6.96. The lowest BCUT2D eigenvalue weighted by Crippen LogP contribution is -2.60. The van der Waals surface area contributed by atoms with E-state index in [2.05, 4.69) is 16.6 Å². The highest BCUT2D eigenvalue weighted by Crippen LogP contribution is 2.58. The zero-order chi connectivity index (χ0) is 29.2. The van der Waals surface area contributed by atoms with Gasteiger partial charge in [-0.2, -0.15) is 13.2 Å². The zero-order valence-corrected chi connectivity index (χ0v) is 22.0. The summed E-state index contributed by atoms with van der Waals surface area (Å²) in [5, 5.41) is 7.30. The number of hydrogen-bond acceptors (Lipinski definition) is 4. The number of halogens is 5. The molecule has 39 heavy (non-hydrogen) atoms. The van der Waals surface area contributed by atoms with Crippen LogP contribution in [0.3, 0.4) is 0 Å². The van der Waals surface area contributed by atoms with Crippen LogP contribution in [0.5, 0.6) is 0 Å². The number of terminal acetylenes is 1. The van der Waals surface area contributed by atoms with E-state index in [9.17, 15) is 41.1 Å². The molecule has 3 N–H and O–H groups in total. The Labute approximate surface area is 223 Å². The van der Waals surface area contributed by atoms with Gasteiger partial charge in [0.05, 0.1) is 6.04 Å². The summed E-state index contributed by atoms with van der Waals surface area (Å²) < 4.78 is 66.8. The first-order chi connectivity index (χ1) is 17.8. The normalized spacial score (nSPS) is 27.8. The van der Waals surface area contributed by atoms with Crippen LogP contribution < -0.4 is 16.0 Å². The van der Waals surface area contributed by atoms with Gasteiger partial charge >= 0.3 is 12.1 Å². The van der Waals surface area contributed by atoms with E-state index < -0.39 is 77.5 Å². The molecule has 2 spiro atoms. The number of rotatable bonds is 6. The molecule has 1 unspecified atom stereocenters. The molecule has 0 aromatic heterocycles. The molecule has 216 valence electrons. The average molecular weight is 561 g/mol. The lowest BCUT2D eigenvalue weighted by molar-refractivity contribution is -0.176. The molecule has 2 aliphatic carbocycles. The summed E-state index contributed by atoms with van der Waals surface area (Å²) in [6.07, 6.45) is 1.54. The molecule has 4 amide bonds.